The van der Waals surface area contributed by atoms with Crippen LogP contribution in [0.5, 0.6) is 5.88 Å². The Morgan fingerprint density at radius 2 is 2.16 bits per heavy atom. The van der Waals surface area contributed by atoms with Gasteiger partial charge in [-0.15, -0.1) is 0 Å². The molecular formula is C20H20N4O. The van der Waals surface area contributed by atoms with Crippen LogP contribution in [0.1, 0.15) is 12.0 Å². The van der Waals surface area contributed by atoms with Gasteiger partial charge in [0.2, 0.25) is 5.88 Å². The van der Waals surface area contributed by atoms with Crippen molar-refractivity contribution in [3.63, 3.8) is 0 Å². The summed E-state index contributed by atoms with van der Waals surface area (Å²) in [6.45, 7) is 3.18. The van der Waals surface area contributed by atoms with Gasteiger partial charge in [0.25, 0.3) is 0 Å². The minimum Gasteiger partial charge on any atom is -0.481 e. The summed E-state index contributed by atoms with van der Waals surface area (Å²) in [5.74, 6) is 1.27. The van der Waals surface area contributed by atoms with Gasteiger partial charge in [0.15, 0.2) is 0 Å². The summed E-state index contributed by atoms with van der Waals surface area (Å²) >= 11 is 0. The number of pyridine rings is 1. The first-order valence-corrected chi connectivity index (χ1v) is 8.53. The number of methoxy groups -OCH3 is 1. The highest BCUT2D eigenvalue weighted by Crippen LogP contribution is 2.32. The molecule has 25 heavy (non-hydrogen) atoms. The van der Waals surface area contributed by atoms with Gasteiger partial charge >= 0.3 is 0 Å². The molecule has 1 N–H and O–H groups in total. The number of benzene rings is 1. The summed E-state index contributed by atoms with van der Waals surface area (Å²) in [5, 5.41) is 12.4. The average molecular weight is 332 g/mol. The number of hydrogen-bond acceptors (Lipinski definition) is 4. The second-order valence-electron chi connectivity index (χ2n) is 6.47. The van der Waals surface area contributed by atoms with Crippen LogP contribution in [0.15, 0.2) is 42.6 Å². The van der Waals surface area contributed by atoms with Crippen molar-refractivity contribution in [2.45, 2.75) is 13.0 Å². The molecular weight excluding hydrogens is 312 g/mol. The van der Waals surface area contributed by atoms with Gasteiger partial charge in [-0.25, -0.2) is 4.98 Å². The molecule has 0 spiro atoms. The Labute approximate surface area is 146 Å². The number of rotatable bonds is 4. The van der Waals surface area contributed by atoms with Crippen LogP contribution in [-0.2, 0) is 6.54 Å². The molecule has 0 radical (unpaired) electrons. The van der Waals surface area contributed by atoms with E-state index < -0.39 is 0 Å². The summed E-state index contributed by atoms with van der Waals surface area (Å²) in [5.41, 5.74) is 4.66. The van der Waals surface area contributed by atoms with E-state index >= 15 is 0 Å². The summed E-state index contributed by atoms with van der Waals surface area (Å²) in [6.07, 6.45) is 3.32. The van der Waals surface area contributed by atoms with Crippen molar-refractivity contribution in [2.75, 3.05) is 20.2 Å². The molecule has 3 aromatic rings. The zero-order chi connectivity index (χ0) is 17.2. The van der Waals surface area contributed by atoms with Crippen molar-refractivity contribution < 1.29 is 4.74 Å². The van der Waals surface area contributed by atoms with E-state index in [2.05, 4.69) is 33.2 Å². The smallest absolute Gasteiger partial charge is 0.221 e. The number of fused-ring (bicyclic) bond motifs is 1. The van der Waals surface area contributed by atoms with E-state index in [4.69, 9.17) is 10.00 Å². The molecule has 0 saturated carbocycles. The van der Waals surface area contributed by atoms with Crippen LogP contribution in [0.2, 0.25) is 0 Å². The first kappa shape index (κ1) is 15.7. The summed E-state index contributed by atoms with van der Waals surface area (Å²) in [6, 6.07) is 13.9. The summed E-state index contributed by atoms with van der Waals surface area (Å²) < 4.78 is 7.80. The van der Waals surface area contributed by atoms with Crippen molar-refractivity contribution in [1.29, 1.82) is 5.26 Å². The quantitative estimate of drug-likeness (QED) is 0.797. The van der Waals surface area contributed by atoms with Crippen LogP contribution in [0.3, 0.4) is 0 Å². The van der Waals surface area contributed by atoms with Crippen LogP contribution < -0.4 is 10.1 Å². The first-order valence-electron chi connectivity index (χ1n) is 8.53. The minimum absolute atomic E-state index is 0.609. The van der Waals surface area contributed by atoms with Crippen LogP contribution in [-0.4, -0.2) is 29.8 Å². The molecule has 1 fully saturated rings. The molecule has 1 aliphatic heterocycles. The highest BCUT2D eigenvalue weighted by atomic mass is 16.5. The second-order valence-corrected chi connectivity index (χ2v) is 6.47. The third-order valence-electron chi connectivity index (χ3n) is 4.85. The Bertz CT molecular complexity index is 931. The van der Waals surface area contributed by atoms with E-state index in [0.29, 0.717) is 17.4 Å². The van der Waals surface area contributed by atoms with Crippen LogP contribution in [0.25, 0.3) is 22.2 Å². The molecule has 0 amide bonds. The third kappa shape index (κ3) is 2.97. The van der Waals surface area contributed by atoms with Gasteiger partial charge in [-0.1, -0.05) is 12.1 Å². The van der Waals surface area contributed by atoms with Gasteiger partial charge in [0.05, 0.1) is 29.8 Å². The molecule has 0 aliphatic carbocycles. The first-order chi connectivity index (χ1) is 12.3. The fraction of sp³-hybridized carbons (Fsp3) is 0.300. The SMILES string of the molecule is COc1nc2ccn(CC3CCNC3)c2cc1-c1ccc(C#N)cc1. The van der Waals surface area contributed by atoms with Crippen LogP contribution in [0, 0.1) is 17.2 Å². The van der Waals surface area contributed by atoms with E-state index in [-0.39, 0.29) is 0 Å². The number of nitrogens with one attached hydrogen (secondary N) is 1. The normalized spacial score (nSPS) is 16.9. The highest BCUT2D eigenvalue weighted by molar-refractivity contribution is 5.84. The fourth-order valence-electron chi connectivity index (χ4n) is 3.49. The van der Waals surface area contributed by atoms with Crippen molar-refractivity contribution in [3.05, 3.63) is 48.2 Å². The number of nitrogens with zero attached hydrogens (tertiary/aromatic N) is 3. The zero-order valence-electron chi connectivity index (χ0n) is 14.2. The molecule has 4 rings (SSSR count). The summed E-state index contributed by atoms with van der Waals surface area (Å²) in [4.78, 5) is 4.68. The third-order valence-corrected chi connectivity index (χ3v) is 4.85. The van der Waals surface area contributed by atoms with Crippen LogP contribution in [0.4, 0.5) is 0 Å². The van der Waals surface area contributed by atoms with Gasteiger partial charge in [-0.2, -0.15) is 5.26 Å². The molecule has 1 aromatic carbocycles. The lowest BCUT2D eigenvalue weighted by molar-refractivity contribution is 0.401. The van der Waals surface area contributed by atoms with Gasteiger partial charge < -0.3 is 14.6 Å². The Morgan fingerprint density at radius 1 is 1.32 bits per heavy atom. The van der Waals surface area contributed by atoms with E-state index in [1.165, 1.54) is 6.42 Å². The molecule has 0 bridgehead atoms. The zero-order valence-corrected chi connectivity index (χ0v) is 14.2. The van der Waals surface area contributed by atoms with Gasteiger partial charge in [0.1, 0.15) is 0 Å². The number of ether oxygens (including phenoxy) is 1. The molecule has 1 unspecified atom stereocenters. The maximum atomic E-state index is 8.99. The largest absolute Gasteiger partial charge is 0.481 e. The van der Waals surface area contributed by atoms with E-state index in [1.54, 1.807) is 7.11 Å². The Morgan fingerprint density at radius 3 is 2.84 bits per heavy atom. The monoisotopic (exact) mass is 332 g/mol. The lowest BCUT2D eigenvalue weighted by atomic mass is 10.0. The minimum atomic E-state index is 0.609. The second kappa shape index (κ2) is 6.58. The van der Waals surface area contributed by atoms with Crippen LogP contribution >= 0.6 is 0 Å². The lowest BCUT2D eigenvalue weighted by Gasteiger charge is -2.13. The molecule has 1 aliphatic rings. The molecule has 5 heteroatoms. The van der Waals surface area contributed by atoms with E-state index in [0.717, 1.165) is 41.8 Å². The van der Waals surface area contributed by atoms with Gasteiger partial charge in [0, 0.05) is 18.3 Å². The van der Waals surface area contributed by atoms with Crippen molar-refractivity contribution in [1.82, 2.24) is 14.9 Å². The molecule has 2 aromatic heterocycles. The predicted molar refractivity (Wildman–Crippen MR) is 97.4 cm³/mol. The molecule has 1 saturated heterocycles. The van der Waals surface area contributed by atoms with E-state index in [9.17, 15) is 0 Å². The maximum absolute atomic E-state index is 8.99. The number of hydrogen-bond donors (Lipinski definition) is 1. The van der Waals surface area contributed by atoms with Crippen molar-refractivity contribution in [2.24, 2.45) is 5.92 Å². The molecule has 5 nitrogen and oxygen atoms in total. The molecule has 126 valence electrons. The lowest BCUT2D eigenvalue weighted by Crippen LogP contribution is -2.14. The standard InChI is InChI=1S/C20H20N4O/c1-25-20-17(16-4-2-14(11-21)3-5-16)10-19-18(23-20)7-9-24(19)13-15-6-8-22-12-15/h2-5,7,9-10,15,22H,6,8,12-13H2,1H3. The molecule has 1 atom stereocenters. The Kier molecular flexibility index (Phi) is 4.12. The average Bonchev–Trinajstić information content (AvgIpc) is 3.31. The Hall–Kier alpha value is -2.84. The fourth-order valence-corrected chi connectivity index (χ4v) is 3.49. The topological polar surface area (TPSA) is 62.9 Å². The Balaban J connectivity index is 1.77. The predicted octanol–water partition coefficient (Wildman–Crippen LogP) is 3.19. The molecule has 3 heterocycles. The summed E-state index contributed by atoms with van der Waals surface area (Å²) in [7, 11) is 1.64. The number of aromatic nitrogens is 2. The van der Waals surface area contributed by atoms with E-state index in [1.807, 2.05) is 30.3 Å². The van der Waals surface area contributed by atoms with Crippen molar-refractivity contribution in [3.8, 4) is 23.1 Å². The van der Waals surface area contributed by atoms with Gasteiger partial charge in [-0.05, 0) is 55.3 Å². The maximum Gasteiger partial charge on any atom is 0.221 e. The highest BCUT2D eigenvalue weighted by Gasteiger charge is 2.17. The van der Waals surface area contributed by atoms with Gasteiger partial charge in [-0.3, -0.25) is 0 Å². The van der Waals surface area contributed by atoms with Crippen molar-refractivity contribution >= 4 is 11.0 Å². The number of nitriles is 1.